The van der Waals surface area contributed by atoms with E-state index in [4.69, 9.17) is 4.89 Å². The van der Waals surface area contributed by atoms with E-state index in [-0.39, 0.29) is 6.61 Å². The maximum absolute atomic E-state index is 10.6. The molecule has 0 saturated heterocycles. The molecule has 4 nitrogen and oxygen atoms in total. The average molecular weight is 174 g/mol. The molecular formula is C8H14O4. The third-order valence-corrected chi connectivity index (χ3v) is 0.700. The van der Waals surface area contributed by atoms with Crippen molar-refractivity contribution in [2.24, 2.45) is 0 Å². The summed E-state index contributed by atoms with van der Waals surface area (Å²) in [5, 5.41) is 0. The predicted molar refractivity (Wildman–Crippen MR) is 43.1 cm³/mol. The van der Waals surface area contributed by atoms with Crippen molar-refractivity contribution < 1.29 is 19.3 Å². The topological polar surface area (TPSA) is 44.8 Å². The van der Waals surface area contributed by atoms with Gasteiger partial charge in [0, 0.05) is 0 Å². The normalized spacial score (nSPS) is 10.9. The van der Waals surface area contributed by atoms with Crippen LogP contribution in [-0.4, -0.2) is 18.2 Å². The fraction of sp³-hybridized carbons (Fsp3) is 0.625. The van der Waals surface area contributed by atoms with Gasteiger partial charge in [0.15, 0.2) is 6.61 Å². The third-order valence-electron chi connectivity index (χ3n) is 0.700. The van der Waals surface area contributed by atoms with E-state index >= 15 is 0 Å². The van der Waals surface area contributed by atoms with E-state index < -0.39 is 11.6 Å². The molecule has 0 N–H and O–H groups in total. The lowest BCUT2D eigenvalue weighted by Crippen LogP contribution is -2.22. The highest BCUT2D eigenvalue weighted by atomic mass is 17.2. The van der Waals surface area contributed by atoms with Crippen LogP contribution in [0.2, 0.25) is 0 Å². The Labute approximate surface area is 72.0 Å². The summed E-state index contributed by atoms with van der Waals surface area (Å²) in [4.78, 5) is 20.0. The van der Waals surface area contributed by atoms with Crippen LogP contribution < -0.4 is 0 Å². The van der Waals surface area contributed by atoms with E-state index in [0.29, 0.717) is 0 Å². The van der Waals surface area contributed by atoms with Crippen molar-refractivity contribution in [2.45, 2.75) is 26.4 Å². The van der Waals surface area contributed by atoms with Crippen LogP contribution in [0.5, 0.6) is 0 Å². The van der Waals surface area contributed by atoms with Crippen molar-refractivity contribution >= 4 is 5.97 Å². The summed E-state index contributed by atoms with van der Waals surface area (Å²) in [6.07, 6.45) is 1.04. The van der Waals surface area contributed by atoms with Crippen molar-refractivity contribution in [3.8, 4) is 0 Å². The van der Waals surface area contributed by atoms with Gasteiger partial charge < -0.3 is 4.74 Å². The van der Waals surface area contributed by atoms with Crippen molar-refractivity contribution in [2.75, 3.05) is 6.61 Å². The average Bonchev–Trinajstić information content (AvgIpc) is 1.84. The molecule has 0 spiro atoms. The first-order valence-electron chi connectivity index (χ1n) is 3.57. The lowest BCUT2D eigenvalue weighted by molar-refractivity contribution is -0.344. The number of carbonyl (C=O) groups is 1. The molecule has 70 valence electrons. The van der Waals surface area contributed by atoms with Gasteiger partial charge in [-0.3, -0.25) is 0 Å². The summed E-state index contributed by atoms with van der Waals surface area (Å²) in [6.45, 7) is 8.42. The SMILES string of the molecule is C=COC(=O)COOC(C)(C)C. The molecule has 0 rings (SSSR count). The zero-order valence-electron chi connectivity index (χ0n) is 7.62. The van der Waals surface area contributed by atoms with Crippen molar-refractivity contribution in [1.82, 2.24) is 0 Å². The molecule has 0 unspecified atom stereocenters. The molecule has 0 aliphatic carbocycles. The lowest BCUT2D eigenvalue weighted by Gasteiger charge is -2.16. The smallest absolute Gasteiger partial charge is 0.340 e. The Kier molecular flexibility index (Phi) is 4.54. The molecule has 0 bridgehead atoms. The predicted octanol–water partition coefficient (Wildman–Crippen LogP) is 1.42. The molecule has 0 atom stereocenters. The Morgan fingerprint density at radius 2 is 2.08 bits per heavy atom. The third kappa shape index (κ3) is 7.24. The van der Waals surface area contributed by atoms with Gasteiger partial charge in [-0.25, -0.2) is 14.6 Å². The van der Waals surface area contributed by atoms with Crippen LogP contribution in [0.1, 0.15) is 20.8 Å². The van der Waals surface area contributed by atoms with Gasteiger partial charge in [0.1, 0.15) is 0 Å². The van der Waals surface area contributed by atoms with E-state index in [1.54, 1.807) is 0 Å². The molecule has 0 saturated carbocycles. The molecular weight excluding hydrogens is 160 g/mol. The van der Waals surface area contributed by atoms with Crippen LogP contribution in [0, 0.1) is 0 Å². The van der Waals surface area contributed by atoms with Gasteiger partial charge in [0.05, 0.1) is 11.9 Å². The zero-order chi connectivity index (χ0) is 9.61. The highest BCUT2D eigenvalue weighted by Crippen LogP contribution is 2.06. The summed E-state index contributed by atoms with van der Waals surface area (Å²) < 4.78 is 4.38. The second-order valence-corrected chi connectivity index (χ2v) is 3.11. The Hall–Kier alpha value is -0.870. The summed E-state index contributed by atoms with van der Waals surface area (Å²) in [5.74, 6) is -0.533. The molecule has 0 fully saturated rings. The van der Waals surface area contributed by atoms with Gasteiger partial charge in [0.25, 0.3) is 0 Å². The molecule has 0 heterocycles. The Bertz CT molecular complexity index is 157. The van der Waals surface area contributed by atoms with Crippen molar-refractivity contribution in [3.63, 3.8) is 0 Å². The van der Waals surface area contributed by atoms with Crippen LogP contribution in [0.4, 0.5) is 0 Å². The molecule has 0 aliphatic heterocycles. The van der Waals surface area contributed by atoms with E-state index in [0.717, 1.165) is 6.26 Å². The van der Waals surface area contributed by atoms with Gasteiger partial charge in [-0.2, -0.15) is 0 Å². The summed E-state index contributed by atoms with van der Waals surface area (Å²) in [7, 11) is 0. The Balaban J connectivity index is 3.43. The van der Waals surface area contributed by atoms with Crippen LogP contribution >= 0.6 is 0 Å². The van der Waals surface area contributed by atoms with Gasteiger partial charge in [0.2, 0.25) is 0 Å². The number of hydrogen-bond acceptors (Lipinski definition) is 4. The highest BCUT2D eigenvalue weighted by Gasteiger charge is 2.12. The molecule has 0 radical (unpaired) electrons. The fourth-order valence-corrected chi connectivity index (χ4v) is 0.381. The summed E-state index contributed by atoms with van der Waals surface area (Å²) in [5.41, 5.74) is -0.422. The molecule has 0 aromatic rings. The fourth-order valence-electron chi connectivity index (χ4n) is 0.381. The standard InChI is InChI=1S/C8H14O4/c1-5-10-7(9)6-11-12-8(2,3)4/h5H,1,6H2,2-4H3. The zero-order valence-corrected chi connectivity index (χ0v) is 7.62. The van der Waals surface area contributed by atoms with Crippen LogP contribution in [0.25, 0.3) is 0 Å². The second-order valence-electron chi connectivity index (χ2n) is 3.11. The molecule has 0 aliphatic rings. The first-order valence-corrected chi connectivity index (χ1v) is 3.57. The monoisotopic (exact) mass is 174 g/mol. The van der Waals surface area contributed by atoms with Crippen LogP contribution in [0.3, 0.4) is 0 Å². The number of esters is 1. The number of carbonyl (C=O) groups excluding carboxylic acids is 1. The lowest BCUT2D eigenvalue weighted by atomic mass is 10.2. The van der Waals surface area contributed by atoms with Gasteiger partial charge in [-0.15, -0.1) is 0 Å². The molecule has 12 heavy (non-hydrogen) atoms. The minimum atomic E-state index is -0.533. The maximum atomic E-state index is 10.6. The molecule has 0 aromatic heterocycles. The molecule has 0 aromatic carbocycles. The van der Waals surface area contributed by atoms with Crippen molar-refractivity contribution in [3.05, 3.63) is 12.8 Å². The van der Waals surface area contributed by atoms with E-state index in [1.807, 2.05) is 20.8 Å². The van der Waals surface area contributed by atoms with Gasteiger partial charge >= 0.3 is 5.97 Å². The number of rotatable bonds is 4. The maximum Gasteiger partial charge on any atom is 0.340 e. The number of hydrogen-bond donors (Lipinski definition) is 0. The number of ether oxygens (including phenoxy) is 1. The van der Waals surface area contributed by atoms with Crippen molar-refractivity contribution in [1.29, 1.82) is 0 Å². The minimum absolute atomic E-state index is 0.233. The van der Waals surface area contributed by atoms with Gasteiger partial charge in [-0.1, -0.05) is 6.58 Å². The van der Waals surface area contributed by atoms with Gasteiger partial charge in [-0.05, 0) is 20.8 Å². The second kappa shape index (κ2) is 4.90. The Morgan fingerprint density at radius 3 is 2.50 bits per heavy atom. The van der Waals surface area contributed by atoms with E-state index in [2.05, 4.69) is 16.2 Å². The summed E-state index contributed by atoms with van der Waals surface area (Å²) >= 11 is 0. The minimum Gasteiger partial charge on any atom is -0.433 e. The quantitative estimate of drug-likeness (QED) is 0.280. The molecule has 0 amide bonds. The molecule has 4 heteroatoms. The van der Waals surface area contributed by atoms with E-state index in [1.165, 1.54) is 0 Å². The Morgan fingerprint density at radius 1 is 1.50 bits per heavy atom. The van der Waals surface area contributed by atoms with E-state index in [9.17, 15) is 4.79 Å². The largest absolute Gasteiger partial charge is 0.433 e. The first kappa shape index (κ1) is 11.1. The van der Waals surface area contributed by atoms with Crippen LogP contribution in [0.15, 0.2) is 12.8 Å². The first-order chi connectivity index (χ1) is 5.45. The highest BCUT2D eigenvalue weighted by molar-refractivity contribution is 5.71. The summed E-state index contributed by atoms with van der Waals surface area (Å²) in [6, 6.07) is 0. The van der Waals surface area contributed by atoms with Crippen LogP contribution in [-0.2, 0) is 19.3 Å².